The average molecular weight is 2420 g/mol. The maximum Gasteiger partial charge on any atom is 0.255 e. The Kier molecular flexibility index (Phi) is 43.6. The summed E-state index contributed by atoms with van der Waals surface area (Å²) >= 11 is 36.8. The number of hydrogen-bond donors (Lipinski definition) is 2. The van der Waals surface area contributed by atoms with Crippen LogP contribution in [0.15, 0.2) is 107 Å². The van der Waals surface area contributed by atoms with Crippen LogP contribution in [0.3, 0.4) is 0 Å². The summed E-state index contributed by atoms with van der Waals surface area (Å²) in [6.45, 7) is 14.6. The number of thiophene rings is 2. The number of benzene rings is 4. The number of carbonyl (C=O) groups is 6. The summed E-state index contributed by atoms with van der Waals surface area (Å²) in [5.41, 5.74) is 15.1. The van der Waals surface area contributed by atoms with E-state index in [0.29, 0.717) is 60.0 Å². The summed E-state index contributed by atoms with van der Waals surface area (Å²) in [4.78, 5) is 88.0. The molecule has 2 fully saturated rings. The molecule has 2 N–H and O–H groups in total. The van der Waals surface area contributed by atoms with Gasteiger partial charge in [0.2, 0.25) is 23.6 Å². The normalized spacial score (nSPS) is 15.6. The molecule has 4 atom stereocenters. The van der Waals surface area contributed by atoms with Gasteiger partial charge in [-0.05, 0) is 203 Å². The fraction of sp³-hybridized carbons (Fsp3) is 0.333. The first-order chi connectivity index (χ1) is 64.0. The summed E-state index contributed by atoms with van der Waals surface area (Å²) in [6, 6.07) is 25.8. The van der Waals surface area contributed by atoms with Crippen molar-refractivity contribution in [2.75, 3.05) is 0 Å². The number of fused-ring (bicyclic) bond motifs is 8. The molecule has 0 aliphatic carbocycles. The van der Waals surface area contributed by atoms with Crippen molar-refractivity contribution in [1.82, 2.24) is 80.0 Å². The highest BCUT2D eigenvalue weighted by Gasteiger charge is 2.42. The highest BCUT2D eigenvalue weighted by Crippen LogP contribution is 2.42. The lowest BCUT2D eigenvalue weighted by molar-refractivity contribution is -0.138. The molecule has 6 aromatic heterocycles. The predicted molar refractivity (Wildman–Crippen MR) is 599 cm³/mol. The average Bonchev–Trinajstić information content (AvgIpc) is 1.59. The fourth-order valence-electron chi connectivity index (χ4n) is 14.6. The Bertz CT molecular complexity index is 7330. The molecule has 0 spiro atoms. The number of rotatable bonds is 16. The number of terminal acetylenes is 1. The molecule has 0 radical (unpaired) electrons. The third kappa shape index (κ3) is 28.8. The van der Waals surface area contributed by atoms with Gasteiger partial charge in [-0.2, -0.15) is 0 Å². The van der Waals surface area contributed by atoms with Crippen LogP contribution in [0.5, 0.6) is 0 Å². The van der Waals surface area contributed by atoms with E-state index in [4.69, 9.17) is 62.0 Å². The van der Waals surface area contributed by atoms with Gasteiger partial charge in [-0.1, -0.05) is 95.0 Å². The zero-order valence-electron chi connectivity index (χ0n) is 69.7. The molecule has 132 heavy (non-hydrogen) atoms. The summed E-state index contributed by atoms with van der Waals surface area (Å²) < 4.78 is 9.08. The molecule has 12 heterocycles. The number of hydrogen-bond acceptors (Lipinski definition) is 22. The zero-order chi connectivity index (χ0) is 93.7. The van der Waals surface area contributed by atoms with Crippen LogP contribution >= 0.6 is 68.5 Å². The topological polar surface area (TPSA) is 281 Å². The monoisotopic (exact) mass is 2420 g/mol. The van der Waals surface area contributed by atoms with Gasteiger partial charge < -0.3 is 9.80 Å². The van der Waals surface area contributed by atoms with E-state index in [9.17, 15) is 28.8 Å². The van der Waals surface area contributed by atoms with Gasteiger partial charge in [0, 0.05) is 314 Å². The van der Waals surface area contributed by atoms with Gasteiger partial charge in [-0.15, -0.1) is 59.7 Å². The smallest absolute Gasteiger partial charge is 0.255 e. The van der Waals surface area contributed by atoms with Crippen molar-refractivity contribution >= 4 is 347 Å². The van der Waals surface area contributed by atoms with Crippen molar-refractivity contribution in [1.29, 1.82) is 0 Å². The second-order valence-corrected chi connectivity index (χ2v) is 70.3. The van der Waals surface area contributed by atoms with E-state index < -0.39 is 18.0 Å². The molecule has 0 saturated carbocycles. The van der Waals surface area contributed by atoms with Crippen molar-refractivity contribution in [2.24, 2.45) is 9.98 Å². The van der Waals surface area contributed by atoms with Gasteiger partial charge in [0.25, 0.3) is 11.8 Å². The van der Waals surface area contributed by atoms with Gasteiger partial charge in [0.05, 0.1) is 31.6 Å². The molecule has 2 saturated heterocycles. The van der Waals surface area contributed by atoms with E-state index in [0.717, 1.165) is 157 Å². The van der Waals surface area contributed by atoms with Crippen LogP contribution in [0.1, 0.15) is 206 Å². The third-order valence-electron chi connectivity index (χ3n) is 20.5. The van der Waals surface area contributed by atoms with Gasteiger partial charge >= 0.3 is 0 Å². The number of imide groups is 2. The van der Waals surface area contributed by atoms with Crippen LogP contribution < -0.4 is 10.6 Å². The van der Waals surface area contributed by atoms with Crippen molar-refractivity contribution < 1.29 is 28.8 Å². The Morgan fingerprint density at radius 1 is 0.485 bits per heavy atom. The molecule has 16 rings (SSSR count). The lowest BCUT2D eigenvalue weighted by Gasteiger charge is -2.29. The van der Waals surface area contributed by atoms with Crippen LogP contribution in [-0.2, 0) is 289 Å². The largest absolute Gasteiger partial charge is 0.322 e. The SMILES string of the molecule is C#Cc1cn(CCCCCc2cccc3c2CN(C2CCC(=O)NC2=O)C3=O)nn1.Cc1c(C#Cc2cn(CCCCCc3cccc4c3CN(C3CCC(=O)NC3=O)C4=O)nn2)sc2c1C(c1ccc(Cl)cc1)=N[C@@H](C)c1nnc(C)n1-2.Cc1c(I)sc2c1C(c1ccc(Cl)cc1)=N[C@@H](C)c1nnc(C)n1-2.S=S=S=S=S=S=S=S=S=S.S=S=S=S=S=S=S=S=S=S=S=S=S=S=S. The number of piperidine rings is 2. The number of aromatic nitrogens is 12. The van der Waals surface area contributed by atoms with Gasteiger partial charge in [-0.3, -0.25) is 67.9 Å². The highest BCUT2D eigenvalue weighted by molar-refractivity contribution is 14.1. The van der Waals surface area contributed by atoms with E-state index >= 15 is 0 Å². The minimum Gasteiger partial charge on any atom is -0.322 e. The Labute approximate surface area is 872 Å². The maximum absolute atomic E-state index is 13.2. The molecule has 4 aromatic carbocycles. The van der Waals surface area contributed by atoms with Crippen molar-refractivity contribution in [3.63, 3.8) is 0 Å². The van der Waals surface area contributed by atoms with Crippen molar-refractivity contribution in [2.45, 2.75) is 169 Å². The molecule has 0 bridgehead atoms. The molecule has 694 valence electrons. The molecular weight excluding hydrogens is 2350 g/mol. The highest BCUT2D eigenvalue weighted by atomic mass is 127. The number of aliphatic imine (C=N–C) groups is 2. The quantitative estimate of drug-likeness (QED) is 0.0393. The number of halogens is 3. The molecule has 6 aliphatic heterocycles. The Hall–Kier alpha value is -4.67. The van der Waals surface area contributed by atoms with Crippen LogP contribution in [-0.4, -0.2) is 128 Å². The Morgan fingerprint density at radius 2 is 0.879 bits per heavy atom. The van der Waals surface area contributed by atoms with Crippen LogP contribution in [0.25, 0.3) is 10.0 Å². The van der Waals surface area contributed by atoms with Crippen LogP contribution in [0.2, 0.25) is 10.0 Å². The van der Waals surface area contributed by atoms with Gasteiger partial charge in [-0.25, -0.2) is 0 Å². The first kappa shape index (κ1) is 106. The van der Waals surface area contributed by atoms with E-state index in [1.54, 1.807) is 194 Å². The van der Waals surface area contributed by atoms with E-state index in [2.05, 4.69) is 156 Å². The molecular formula is C78H73Cl2IN18O6S27. The number of carbonyl (C=O) groups excluding carboxylic acids is 6. The molecule has 10 aromatic rings. The fourth-order valence-corrected chi connectivity index (χ4v) is 64.7. The molecule has 6 amide bonds. The molecule has 54 heteroatoms. The number of nitrogens with zero attached hydrogens (tertiary/aromatic N) is 16. The number of aryl methyl sites for hydroxylation is 6. The van der Waals surface area contributed by atoms with Gasteiger partial charge in [0.15, 0.2) is 23.0 Å². The molecule has 2 unspecified atom stereocenters. The minimum atomic E-state index is -0.610. The first-order valence-corrected chi connectivity index (χ1v) is 73.4. The van der Waals surface area contributed by atoms with Crippen molar-refractivity contribution in [3.05, 3.63) is 217 Å². The van der Waals surface area contributed by atoms with E-state index in [1.165, 1.54) is 49.5 Å². The summed E-state index contributed by atoms with van der Waals surface area (Å²) in [7, 11) is 34.4. The Morgan fingerprint density at radius 3 is 1.28 bits per heavy atom. The molecule has 24 nitrogen and oxygen atoms in total. The van der Waals surface area contributed by atoms with E-state index in [1.807, 2.05) is 104 Å². The second-order valence-electron chi connectivity index (χ2n) is 28.5. The molecule has 6 aliphatic rings. The summed E-state index contributed by atoms with van der Waals surface area (Å²) in [5.74, 6) is 10.8. The lowest BCUT2D eigenvalue weighted by Crippen LogP contribution is -2.52. The third-order valence-corrected chi connectivity index (χ3v) is 66.9. The van der Waals surface area contributed by atoms with Crippen LogP contribution in [0.4, 0.5) is 0 Å². The second kappa shape index (κ2) is 54.2. The standard InChI is InChI=1S/C39H36ClN9O3S.C22H23N5O3.C17H14ClIN4S.S15.S10/c1-22-32(53-39-34(22)35(26-11-13-27(40)14-12-26)41-23(2)36-45-43-24(3)49(36)39)17-15-28-20-47(46-44-28)19-6-4-5-8-25-9-7-10-29-30(25)21-48(38(29)52)31-16-18-33(50)42-37(31)51;1-2-16-13-26(25-24-16)12-5-3-4-7-15-8-6-9-17-18(15)14-27(22(17)30)19-10-11-20(28)23-21(19)29;1-8-13-14(11-4-6-12(18)7-5-11)20-9(2)16-22-21-10(3)23(16)17(13)24-15(8)19;1-3-5-7-9-11-13-15-14-12-10-8-6-4-2;1-3-5-7-9-10-8-6-4-2/h7,9-14,20,23,31H,4-6,8,16,18-19,21H2,1-3H3,(H,42,50,51);1,6,8-9,13,19H,3-5,7,10-12,14H2,(H,23,28,29);4-7,9H,1-3H3;;/t23-,31?;;9-;;/m0.0../s1. The Balaban J connectivity index is 0.000000168. The maximum atomic E-state index is 13.2. The zero-order valence-corrected chi connectivity index (χ0v) is 95.4. The van der Waals surface area contributed by atoms with Gasteiger partial charge in [0.1, 0.15) is 45.8 Å². The first-order valence-electron chi connectivity index (χ1n) is 39.3. The summed E-state index contributed by atoms with van der Waals surface area (Å²) in [5, 5.41) is 42.2. The van der Waals surface area contributed by atoms with Crippen LogP contribution in [0, 0.1) is 54.8 Å². The minimum absolute atomic E-state index is 0.0615. The predicted octanol–water partition coefficient (Wildman–Crippen LogP) is 12.2. The van der Waals surface area contributed by atoms with E-state index in [-0.39, 0.29) is 54.5 Å². The number of unbranched alkanes of at least 4 members (excludes halogenated alkanes) is 4. The number of nitrogens with one attached hydrogen (secondary N) is 2. The summed E-state index contributed by atoms with van der Waals surface area (Å²) in [6.07, 6.45) is 17.7. The number of amides is 6. The lowest BCUT2D eigenvalue weighted by atomic mass is 9.98. The van der Waals surface area contributed by atoms with Crippen molar-refractivity contribution in [3.8, 4) is 34.2 Å².